The third-order valence-corrected chi connectivity index (χ3v) is 3.69. The molecule has 0 saturated carbocycles. The maximum absolute atomic E-state index is 5.88. The van der Waals surface area contributed by atoms with Crippen LogP contribution in [-0.4, -0.2) is 38.3 Å². The van der Waals surface area contributed by atoms with Gasteiger partial charge in [-0.3, -0.25) is 4.99 Å². The highest BCUT2D eigenvalue weighted by Crippen LogP contribution is 2.12. The average molecular weight is 438 g/mol. The molecule has 1 saturated heterocycles. The molecular weight excluding hydrogens is 413 g/mol. The van der Waals surface area contributed by atoms with Crippen LogP contribution in [0.4, 0.5) is 0 Å². The van der Waals surface area contributed by atoms with Crippen molar-refractivity contribution in [1.82, 2.24) is 10.6 Å². The predicted octanol–water partition coefficient (Wildman–Crippen LogP) is 3.23. The number of ether oxygens (including phenoxy) is 1. The summed E-state index contributed by atoms with van der Waals surface area (Å²) < 4.78 is 5.59. The third-order valence-electron chi connectivity index (χ3n) is 3.44. The van der Waals surface area contributed by atoms with Crippen LogP contribution in [0.1, 0.15) is 25.3 Å². The van der Waals surface area contributed by atoms with Gasteiger partial charge in [0.2, 0.25) is 0 Å². The quantitative estimate of drug-likeness (QED) is 0.408. The minimum absolute atomic E-state index is 0. The maximum atomic E-state index is 5.88. The summed E-state index contributed by atoms with van der Waals surface area (Å²) in [5.74, 6) is 0.863. The van der Waals surface area contributed by atoms with E-state index >= 15 is 0 Å². The zero-order chi connectivity index (χ0) is 14.9. The highest BCUT2D eigenvalue weighted by Gasteiger charge is 2.14. The van der Waals surface area contributed by atoms with E-state index < -0.39 is 0 Å². The normalized spacial score (nSPS) is 17.9. The molecule has 0 amide bonds. The van der Waals surface area contributed by atoms with E-state index in [-0.39, 0.29) is 30.1 Å². The number of guanidine groups is 1. The molecule has 2 N–H and O–H groups in total. The molecule has 0 bridgehead atoms. The Labute approximate surface area is 155 Å². The molecule has 1 aromatic carbocycles. The fraction of sp³-hybridized carbons (Fsp3) is 0.562. The lowest BCUT2D eigenvalue weighted by molar-refractivity contribution is 0.117. The summed E-state index contributed by atoms with van der Waals surface area (Å²) in [7, 11) is 0. The molecule has 1 atom stereocenters. The van der Waals surface area contributed by atoms with E-state index in [0.717, 1.165) is 56.5 Å². The summed E-state index contributed by atoms with van der Waals surface area (Å²) in [4.78, 5) is 4.59. The first-order chi connectivity index (χ1) is 10.3. The molecular formula is C16H25ClIN3O. The number of aliphatic imine (C=N–C) groups is 1. The highest BCUT2D eigenvalue weighted by molar-refractivity contribution is 14.0. The highest BCUT2D eigenvalue weighted by atomic mass is 127. The molecule has 0 aliphatic carbocycles. The van der Waals surface area contributed by atoms with Crippen molar-refractivity contribution in [2.24, 2.45) is 4.99 Å². The first kappa shape index (κ1) is 19.5. The van der Waals surface area contributed by atoms with Crippen LogP contribution in [0.15, 0.2) is 29.3 Å². The number of hydrogen-bond acceptors (Lipinski definition) is 2. The monoisotopic (exact) mass is 437 g/mol. The predicted molar refractivity (Wildman–Crippen MR) is 104 cm³/mol. The van der Waals surface area contributed by atoms with Crippen LogP contribution in [0.5, 0.6) is 0 Å². The lowest BCUT2D eigenvalue weighted by Gasteiger charge is -2.13. The number of rotatable bonds is 6. The Morgan fingerprint density at radius 2 is 2.09 bits per heavy atom. The molecule has 22 heavy (non-hydrogen) atoms. The van der Waals surface area contributed by atoms with Gasteiger partial charge in [0.25, 0.3) is 0 Å². The minimum Gasteiger partial charge on any atom is -0.376 e. The molecule has 1 aliphatic rings. The summed E-state index contributed by atoms with van der Waals surface area (Å²) in [5.41, 5.74) is 1.27. The zero-order valence-corrected chi connectivity index (χ0v) is 16.1. The van der Waals surface area contributed by atoms with E-state index in [0.29, 0.717) is 0 Å². The van der Waals surface area contributed by atoms with Crippen LogP contribution in [0.2, 0.25) is 5.02 Å². The second-order valence-corrected chi connectivity index (χ2v) is 5.59. The Kier molecular flexibility index (Phi) is 9.82. The number of nitrogens with zero attached hydrogens (tertiary/aromatic N) is 1. The molecule has 1 aliphatic heterocycles. The van der Waals surface area contributed by atoms with Gasteiger partial charge in [-0.05, 0) is 43.9 Å². The SMILES string of the molecule is CCNC(=NCC1CCCO1)NCCc1ccc(Cl)cc1.I. The molecule has 0 spiro atoms. The Balaban J connectivity index is 0.00000242. The number of hydrogen-bond donors (Lipinski definition) is 2. The van der Waals surface area contributed by atoms with Crippen LogP contribution >= 0.6 is 35.6 Å². The van der Waals surface area contributed by atoms with E-state index in [9.17, 15) is 0 Å². The summed E-state index contributed by atoms with van der Waals surface area (Å²) in [6, 6.07) is 7.96. The van der Waals surface area contributed by atoms with Crippen LogP contribution < -0.4 is 10.6 Å². The molecule has 4 nitrogen and oxygen atoms in total. The maximum Gasteiger partial charge on any atom is 0.191 e. The molecule has 0 radical (unpaired) electrons. The smallest absolute Gasteiger partial charge is 0.191 e. The second kappa shape index (κ2) is 11.1. The molecule has 1 fully saturated rings. The Bertz CT molecular complexity index is 447. The molecule has 1 aromatic rings. The Morgan fingerprint density at radius 3 is 2.73 bits per heavy atom. The van der Waals surface area contributed by atoms with Crippen LogP contribution in [0, 0.1) is 0 Å². The Morgan fingerprint density at radius 1 is 1.32 bits per heavy atom. The van der Waals surface area contributed by atoms with Gasteiger partial charge in [-0.1, -0.05) is 23.7 Å². The van der Waals surface area contributed by atoms with Gasteiger partial charge in [0.1, 0.15) is 0 Å². The van der Waals surface area contributed by atoms with Crippen molar-refractivity contribution in [2.45, 2.75) is 32.3 Å². The van der Waals surface area contributed by atoms with Gasteiger partial charge in [-0.25, -0.2) is 0 Å². The standard InChI is InChI=1S/C16H24ClN3O.HI/c1-2-18-16(20-12-15-4-3-11-21-15)19-10-9-13-5-7-14(17)8-6-13;/h5-8,15H,2-4,9-12H2,1H3,(H2,18,19,20);1H. The molecule has 2 rings (SSSR count). The number of benzene rings is 1. The molecule has 0 aromatic heterocycles. The van der Waals surface area contributed by atoms with Crippen molar-refractivity contribution in [3.8, 4) is 0 Å². The van der Waals surface area contributed by atoms with Gasteiger partial charge in [-0.15, -0.1) is 24.0 Å². The van der Waals surface area contributed by atoms with Gasteiger partial charge in [0.05, 0.1) is 12.6 Å². The van der Waals surface area contributed by atoms with E-state index in [2.05, 4.69) is 34.7 Å². The van der Waals surface area contributed by atoms with Crippen molar-refractivity contribution < 1.29 is 4.74 Å². The number of nitrogens with one attached hydrogen (secondary N) is 2. The number of halogens is 2. The van der Waals surface area contributed by atoms with E-state index in [4.69, 9.17) is 16.3 Å². The lowest BCUT2D eigenvalue weighted by Crippen LogP contribution is -2.38. The molecule has 1 heterocycles. The minimum atomic E-state index is 0. The Hall–Kier alpha value is -0.530. The molecule has 124 valence electrons. The van der Waals surface area contributed by atoms with Crippen molar-refractivity contribution in [2.75, 3.05) is 26.2 Å². The largest absolute Gasteiger partial charge is 0.376 e. The van der Waals surface area contributed by atoms with E-state index in [1.165, 1.54) is 5.56 Å². The van der Waals surface area contributed by atoms with Crippen molar-refractivity contribution in [3.05, 3.63) is 34.9 Å². The third kappa shape index (κ3) is 7.15. The molecule has 1 unspecified atom stereocenters. The summed E-state index contributed by atoms with van der Waals surface area (Å²) in [6.45, 7) is 5.39. The zero-order valence-electron chi connectivity index (χ0n) is 13.0. The fourth-order valence-corrected chi connectivity index (χ4v) is 2.43. The van der Waals surface area contributed by atoms with Crippen molar-refractivity contribution in [3.63, 3.8) is 0 Å². The molecule has 6 heteroatoms. The van der Waals surface area contributed by atoms with Gasteiger partial charge in [0.15, 0.2) is 5.96 Å². The second-order valence-electron chi connectivity index (χ2n) is 5.16. The van der Waals surface area contributed by atoms with Crippen LogP contribution in [0.25, 0.3) is 0 Å². The van der Waals surface area contributed by atoms with Crippen molar-refractivity contribution >= 4 is 41.5 Å². The van der Waals surface area contributed by atoms with Gasteiger partial charge >= 0.3 is 0 Å². The summed E-state index contributed by atoms with van der Waals surface area (Å²) in [6.07, 6.45) is 3.51. The van der Waals surface area contributed by atoms with Crippen LogP contribution in [0.3, 0.4) is 0 Å². The van der Waals surface area contributed by atoms with E-state index in [1.807, 2.05) is 12.1 Å². The first-order valence-electron chi connectivity index (χ1n) is 7.66. The summed E-state index contributed by atoms with van der Waals surface area (Å²) >= 11 is 5.88. The van der Waals surface area contributed by atoms with Crippen molar-refractivity contribution in [1.29, 1.82) is 0 Å². The van der Waals surface area contributed by atoms with Crippen LogP contribution in [-0.2, 0) is 11.2 Å². The average Bonchev–Trinajstić information content (AvgIpc) is 3.00. The first-order valence-corrected chi connectivity index (χ1v) is 8.04. The van der Waals surface area contributed by atoms with Gasteiger partial charge in [-0.2, -0.15) is 0 Å². The lowest BCUT2D eigenvalue weighted by atomic mass is 10.1. The van der Waals surface area contributed by atoms with Gasteiger partial charge in [0, 0.05) is 24.7 Å². The fourth-order valence-electron chi connectivity index (χ4n) is 2.30. The topological polar surface area (TPSA) is 45.7 Å². The summed E-state index contributed by atoms with van der Waals surface area (Å²) in [5, 5.41) is 7.40. The van der Waals surface area contributed by atoms with E-state index in [1.54, 1.807) is 0 Å². The van der Waals surface area contributed by atoms with Gasteiger partial charge < -0.3 is 15.4 Å².